The monoisotopic (exact) mass is 192 g/mol. The van der Waals surface area contributed by atoms with E-state index in [0.717, 1.165) is 16.5 Å². The molecule has 0 aliphatic heterocycles. The van der Waals surface area contributed by atoms with Crippen LogP contribution in [0.4, 0.5) is 0 Å². The number of hydrogen-bond acceptors (Lipinski definition) is 4. The van der Waals surface area contributed by atoms with Crippen molar-refractivity contribution in [1.82, 2.24) is 10.2 Å². The Balaban J connectivity index is 2.47. The van der Waals surface area contributed by atoms with Crippen LogP contribution in [0.15, 0.2) is 18.3 Å². The van der Waals surface area contributed by atoms with Crippen molar-refractivity contribution in [3.05, 3.63) is 23.9 Å². The molecule has 3 N–H and O–H groups in total. The molecule has 0 aliphatic carbocycles. The van der Waals surface area contributed by atoms with Crippen LogP contribution in [0.2, 0.25) is 0 Å². The van der Waals surface area contributed by atoms with Crippen LogP contribution >= 0.6 is 0 Å². The van der Waals surface area contributed by atoms with Crippen molar-refractivity contribution in [2.75, 3.05) is 0 Å². The maximum absolute atomic E-state index is 8.63. The number of rotatable bonds is 2. The topological polar surface area (TPSA) is 78.4 Å². The van der Waals surface area contributed by atoms with Crippen LogP contribution < -0.4 is 4.65 Å². The Morgan fingerprint density at radius 2 is 2.21 bits per heavy atom. The molecule has 0 amide bonds. The van der Waals surface area contributed by atoms with Gasteiger partial charge in [-0.2, -0.15) is 5.10 Å². The first-order chi connectivity index (χ1) is 6.66. The molecule has 0 unspecified atom stereocenters. The Labute approximate surface area is 80.5 Å². The quantitative estimate of drug-likeness (QED) is 0.594. The average Bonchev–Trinajstić information content (AvgIpc) is 2.50. The van der Waals surface area contributed by atoms with Crippen LogP contribution in [0.5, 0.6) is 5.75 Å². The molecule has 0 aliphatic rings. The summed E-state index contributed by atoms with van der Waals surface area (Å²) in [6.45, 7) is 1.89. The van der Waals surface area contributed by atoms with Gasteiger partial charge in [0.05, 0.1) is 11.7 Å². The van der Waals surface area contributed by atoms with Gasteiger partial charge in [-0.1, -0.05) is 0 Å². The summed E-state index contributed by atoms with van der Waals surface area (Å²) in [5, 5.41) is 24.8. The van der Waals surface area contributed by atoms with Gasteiger partial charge < -0.3 is 14.7 Å². The van der Waals surface area contributed by atoms with Gasteiger partial charge in [-0.15, -0.1) is 0 Å². The number of nitrogens with one attached hydrogen (secondary N) is 1. The van der Waals surface area contributed by atoms with E-state index in [-0.39, 0.29) is 0 Å². The van der Waals surface area contributed by atoms with E-state index >= 15 is 0 Å². The van der Waals surface area contributed by atoms with Gasteiger partial charge in [-0.25, -0.2) is 0 Å². The fraction of sp³-hybridized carbons (Fsp3) is 0.125. The molecular formula is C8H9BN2O3. The number of hydrogen-bond donors (Lipinski definition) is 3. The lowest BCUT2D eigenvalue weighted by Gasteiger charge is -2.05. The zero-order chi connectivity index (χ0) is 10.1. The summed E-state index contributed by atoms with van der Waals surface area (Å²) in [6, 6.07) is 3.39. The van der Waals surface area contributed by atoms with Gasteiger partial charge in [0.2, 0.25) is 0 Å². The zero-order valence-corrected chi connectivity index (χ0v) is 7.56. The summed E-state index contributed by atoms with van der Waals surface area (Å²) in [7, 11) is -1.79. The van der Waals surface area contributed by atoms with Crippen LogP contribution in [0, 0.1) is 6.92 Å². The maximum atomic E-state index is 8.63. The Morgan fingerprint density at radius 3 is 2.93 bits per heavy atom. The van der Waals surface area contributed by atoms with Crippen LogP contribution in [0.3, 0.4) is 0 Å². The second kappa shape index (κ2) is 3.32. The number of aromatic amines is 1. The predicted molar refractivity (Wildman–Crippen MR) is 51.7 cm³/mol. The third kappa shape index (κ3) is 1.57. The highest BCUT2D eigenvalue weighted by Crippen LogP contribution is 2.22. The van der Waals surface area contributed by atoms with Gasteiger partial charge >= 0.3 is 7.32 Å². The molecule has 0 spiro atoms. The number of aryl methyl sites for hydroxylation is 1. The molecule has 0 atom stereocenters. The van der Waals surface area contributed by atoms with E-state index in [0.29, 0.717) is 5.75 Å². The van der Waals surface area contributed by atoms with Crippen LogP contribution in [-0.4, -0.2) is 27.6 Å². The fourth-order valence-electron chi connectivity index (χ4n) is 1.39. The van der Waals surface area contributed by atoms with Crippen molar-refractivity contribution in [3.63, 3.8) is 0 Å². The first kappa shape index (κ1) is 9.05. The normalized spacial score (nSPS) is 10.5. The van der Waals surface area contributed by atoms with Crippen LogP contribution in [0.25, 0.3) is 10.9 Å². The number of aromatic nitrogens is 2. The molecule has 1 aromatic heterocycles. The summed E-state index contributed by atoms with van der Waals surface area (Å²) in [4.78, 5) is 0. The molecule has 1 heterocycles. The molecule has 0 saturated carbocycles. The lowest BCUT2D eigenvalue weighted by atomic mass is 10.1. The van der Waals surface area contributed by atoms with Crippen LogP contribution in [0.1, 0.15) is 5.56 Å². The number of fused-ring (bicyclic) bond motifs is 1. The van der Waals surface area contributed by atoms with Gasteiger partial charge in [0.25, 0.3) is 0 Å². The molecule has 0 radical (unpaired) electrons. The van der Waals surface area contributed by atoms with Crippen molar-refractivity contribution in [2.45, 2.75) is 6.92 Å². The van der Waals surface area contributed by atoms with Crippen molar-refractivity contribution in [1.29, 1.82) is 0 Å². The van der Waals surface area contributed by atoms with E-state index in [1.54, 1.807) is 18.3 Å². The Hall–Kier alpha value is -1.53. The first-order valence-electron chi connectivity index (χ1n) is 4.13. The van der Waals surface area contributed by atoms with E-state index in [9.17, 15) is 0 Å². The maximum Gasteiger partial charge on any atom is 0.707 e. The molecule has 1 aromatic carbocycles. The summed E-state index contributed by atoms with van der Waals surface area (Å²) in [5.41, 5.74) is 1.86. The van der Waals surface area contributed by atoms with Gasteiger partial charge in [0, 0.05) is 5.39 Å². The lowest BCUT2D eigenvalue weighted by molar-refractivity contribution is 0.288. The number of benzene rings is 1. The van der Waals surface area contributed by atoms with Gasteiger partial charge in [-0.3, -0.25) is 5.10 Å². The molecule has 5 nitrogen and oxygen atoms in total. The molecule has 2 aromatic rings. The highest BCUT2D eigenvalue weighted by Gasteiger charge is 2.12. The third-order valence-corrected chi connectivity index (χ3v) is 1.96. The Bertz CT molecular complexity index is 455. The van der Waals surface area contributed by atoms with Crippen molar-refractivity contribution >= 4 is 18.2 Å². The van der Waals surface area contributed by atoms with Crippen molar-refractivity contribution in [3.8, 4) is 5.75 Å². The molecule has 0 fully saturated rings. The van der Waals surface area contributed by atoms with E-state index in [1.165, 1.54) is 0 Å². The highest BCUT2D eigenvalue weighted by atomic mass is 16.6. The smallest absolute Gasteiger partial charge is 0.512 e. The van der Waals surface area contributed by atoms with Crippen LogP contribution in [-0.2, 0) is 0 Å². The Morgan fingerprint density at radius 1 is 1.43 bits per heavy atom. The second-order valence-electron chi connectivity index (χ2n) is 3.02. The fourth-order valence-corrected chi connectivity index (χ4v) is 1.39. The standard InChI is InChI=1S/C8H9BN2O3/c1-5-2-7(14-9(12)13)3-6-4-10-11-8(5)6/h2-4,12-13H,1H3,(H,10,11). The zero-order valence-electron chi connectivity index (χ0n) is 7.56. The summed E-state index contributed by atoms with van der Waals surface area (Å²) < 4.78 is 4.74. The van der Waals surface area contributed by atoms with E-state index < -0.39 is 7.32 Å². The highest BCUT2D eigenvalue weighted by molar-refractivity contribution is 6.33. The Kier molecular flexibility index (Phi) is 2.15. The van der Waals surface area contributed by atoms with Crippen molar-refractivity contribution < 1.29 is 14.7 Å². The minimum absolute atomic E-state index is 0.409. The molecular weight excluding hydrogens is 183 g/mol. The van der Waals surface area contributed by atoms with Gasteiger partial charge in [0.1, 0.15) is 5.75 Å². The number of nitrogens with zero attached hydrogens (tertiary/aromatic N) is 1. The SMILES string of the molecule is Cc1cc(OB(O)O)cc2cn[nH]c12. The average molecular weight is 192 g/mol. The molecule has 0 saturated heterocycles. The third-order valence-electron chi connectivity index (χ3n) is 1.96. The van der Waals surface area contributed by atoms with Crippen molar-refractivity contribution in [2.24, 2.45) is 0 Å². The minimum Gasteiger partial charge on any atom is -0.512 e. The predicted octanol–water partition coefficient (Wildman–Crippen LogP) is 0.220. The molecule has 0 bridgehead atoms. The van der Waals surface area contributed by atoms with E-state index in [2.05, 4.69) is 10.2 Å². The summed E-state index contributed by atoms with van der Waals surface area (Å²) in [6.07, 6.45) is 1.65. The lowest BCUT2D eigenvalue weighted by Crippen LogP contribution is -2.20. The molecule has 2 rings (SSSR count). The first-order valence-corrected chi connectivity index (χ1v) is 4.13. The van der Waals surface area contributed by atoms with E-state index in [1.807, 2.05) is 6.92 Å². The summed E-state index contributed by atoms with van der Waals surface area (Å²) in [5.74, 6) is 0.409. The summed E-state index contributed by atoms with van der Waals surface area (Å²) >= 11 is 0. The molecule has 72 valence electrons. The van der Waals surface area contributed by atoms with E-state index in [4.69, 9.17) is 14.7 Å². The second-order valence-corrected chi connectivity index (χ2v) is 3.02. The molecule has 6 heteroatoms. The van der Waals surface area contributed by atoms with Gasteiger partial charge in [-0.05, 0) is 24.6 Å². The molecule has 14 heavy (non-hydrogen) atoms. The van der Waals surface area contributed by atoms with Gasteiger partial charge in [0.15, 0.2) is 0 Å². The number of H-pyrrole nitrogens is 1. The largest absolute Gasteiger partial charge is 0.707 e. The minimum atomic E-state index is -1.79.